The maximum Gasteiger partial charge on any atom is 0.310 e. The molecule has 5 atom stereocenters. The average Bonchev–Trinajstić information content (AvgIpc) is 3.09. The second-order valence-corrected chi connectivity index (χ2v) is 7.31. The lowest BCUT2D eigenvalue weighted by molar-refractivity contribution is -0.149. The second kappa shape index (κ2) is 9.52. The molecule has 2 rings (SSSR count). The molecular formula is C20H28F2O5. The summed E-state index contributed by atoms with van der Waals surface area (Å²) in [7, 11) is 0. The summed E-state index contributed by atoms with van der Waals surface area (Å²) in [6.45, 7) is 2.04. The first kappa shape index (κ1) is 21.6. The Hall–Kier alpha value is -1.65. The molecule has 1 unspecified atom stereocenters. The van der Waals surface area contributed by atoms with E-state index in [1.807, 2.05) is 6.92 Å². The molecule has 3 N–H and O–H groups in total. The van der Waals surface area contributed by atoms with E-state index >= 15 is 0 Å². The van der Waals surface area contributed by atoms with Gasteiger partial charge in [-0.3, -0.25) is 4.79 Å². The summed E-state index contributed by atoms with van der Waals surface area (Å²) in [6, 6.07) is 0. The van der Waals surface area contributed by atoms with Gasteiger partial charge in [0.2, 0.25) is 0 Å². The van der Waals surface area contributed by atoms with Gasteiger partial charge in [0.05, 0.1) is 11.7 Å². The van der Waals surface area contributed by atoms with Gasteiger partial charge < -0.3 is 20.1 Å². The Kier molecular flexibility index (Phi) is 7.63. The van der Waals surface area contributed by atoms with Gasteiger partial charge in [0.1, 0.15) is 12.2 Å². The number of halogens is 2. The molecule has 0 aromatic heterocycles. The number of alkyl halides is 2. The van der Waals surface area contributed by atoms with E-state index in [-0.39, 0.29) is 12.8 Å². The monoisotopic (exact) mass is 386 g/mol. The quantitative estimate of drug-likeness (QED) is 0.441. The summed E-state index contributed by atoms with van der Waals surface area (Å²) in [5, 5.41) is 28.5. The fourth-order valence-electron chi connectivity index (χ4n) is 3.65. The number of rotatable bonds is 8. The molecule has 27 heavy (non-hydrogen) atoms. The smallest absolute Gasteiger partial charge is 0.310 e. The number of fused-ring (bicyclic) bond motifs is 1. The third kappa shape index (κ3) is 5.43. The predicted octanol–water partition coefficient (Wildman–Crippen LogP) is 3.10. The number of carboxylic acids is 1. The van der Waals surface area contributed by atoms with Gasteiger partial charge in [-0.15, -0.1) is 0 Å². The lowest BCUT2D eigenvalue weighted by Crippen LogP contribution is -2.39. The van der Waals surface area contributed by atoms with Crippen LogP contribution in [0.15, 0.2) is 11.8 Å². The van der Waals surface area contributed by atoms with Crippen molar-refractivity contribution in [3.63, 3.8) is 0 Å². The van der Waals surface area contributed by atoms with Crippen LogP contribution in [0.25, 0.3) is 0 Å². The topological polar surface area (TPSA) is 87.0 Å². The third-order valence-corrected chi connectivity index (χ3v) is 5.14. The lowest BCUT2D eigenvalue weighted by atomic mass is 9.91. The normalized spacial score (nSPS) is 31.1. The van der Waals surface area contributed by atoms with Crippen molar-refractivity contribution in [1.29, 1.82) is 0 Å². The number of allylic oxidation sites excluding steroid dienone is 2. The van der Waals surface area contributed by atoms with Crippen LogP contribution in [0, 0.1) is 23.7 Å². The molecule has 0 aromatic rings. The number of hydrogen-bond acceptors (Lipinski definition) is 4. The summed E-state index contributed by atoms with van der Waals surface area (Å²) in [6.07, 6.45) is 1.77. The second-order valence-electron chi connectivity index (χ2n) is 7.31. The Morgan fingerprint density at radius 2 is 2.15 bits per heavy atom. The highest BCUT2D eigenvalue weighted by atomic mass is 19.3. The molecule has 2 aliphatic rings. The van der Waals surface area contributed by atoms with Gasteiger partial charge in [-0.1, -0.05) is 31.6 Å². The molecule has 2 fully saturated rings. The van der Waals surface area contributed by atoms with Gasteiger partial charge in [-0.05, 0) is 31.8 Å². The Bertz CT molecular complexity index is 607. The molecule has 1 aliphatic carbocycles. The number of aliphatic carboxylic acids is 1. The fourth-order valence-corrected chi connectivity index (χ4v) is 3.65. The molecule has 1 aliphatic heterocycles. The first-order valence-electron chi connectivity index (χ1n) is 9.59. The van der Waals surface area contributed by atoms with E-state index in [9.17, 15) is 23.8 Å². The van der Waals surface area contributed by atoms with Crippen molar-refractivity contribution >= 4 is 5.97 Å². The summed E-state index contributed by atoms with van der Waals surface area (Å²) < 4.78 is 34.1. The van der Waals surface area contributed by atoms with Crippen LogP contribution in [-0.4, -0.2) is 45.5 Å². The summed E-state index contributed by atoms with van der Waals surface area (Å²) >= 11 is 0. The molecule has 1 saturated carbocycles. The van der Waals surface area contributed by atoms with Crippen molar-refractivity contribution in [2.75, 3.05) is 0 Å². The molecule has 0 bridgehead atoms. The molecule has 7 heteroatoms. The molecule has 0 aromatic carbocycles. The summed E-state index contributed by atoms with van der Waals surface area (Å²) in [5.74, 6) is -0.227. The molecule has 0 radical (unpaired) electrons. The Labute approximate surface area is 158 Å². The van der Waals surface area contributed by atoms with Crippen LogP contribution < -0.4 is 0 Å². The van der Waals surface area contributed by atoms with Gasteiger partial charge in [-0.25, -0.2) is 0 Å². The number of aliphatic hydroxyl groups is 2. The fraction of sp³-hybridized carbons (Fsp3) is 0.750. The Balaban J connectivity index is 2.01. The average molecular weight is 386 g/mol. The minimum absolute atomic E-state index is 0.00946. The summed E-state index contributed by atoms with van der Waals surface area (Å²) in [4.78, 5) is 10.5. The van der Waals surface area contributed by atoms with Crippen LogP contribution >= 0.6 is 0 Å². The van der Waals surface area contributed by atoms with Crippen LogP contribution in [0.3, 0.4) is 0 Å². The summed E-state index contributed by atoms with van der Waals surface area (Å²) in [5.41, 5.74) is 0. The van der Waals surface area contributed by atoms with Crippen LogP contribution in [0.1, 0.15) is 58.3 Å². The van der Waals surface area contributed by atoms with Crippen molar-refractivity contribution in [2.45, 2.75) is 82.5 Å². The van der Waals surface area contributed by atoms with Crippen molar-refractivity contribution < 1.29 is 33.6 Å². The Morgan fingerprint density at radius 3 is 2.81 bits per heavy atom. The van der Waals surface area contributed by atoms with Crippen molar-refractivity contribution in [1.82, 2.24) is 0 Å². The zero-order chi connectivity index (χ0) is 20.0. The van der Waals surface area contributed by atoms with Crippen molar-refractivity contribution in [3.05, 3.63) is 11.8 Å². The highest BCUT2D eigenvalue weighted by Gasteiger charge is 2.66. The van der Waals surface area contributed by atoms with Crippen LogP contribution in [-0.2, 0) is 9.53 Å². The lowest BCUT2D eigenvalue weighted by Gasteiger charge is -2.21. The van der Waals surface area contributed by atoms with Gasteiger partial charge >= 0.3 is 11.9 Å². The number of unbranched alkanes of at least 4 members (excludes halogenated alkanes) is 3. The Morgan fingerprint density at radius 1 is 1.41 bits per heavy atom. The van der Waals surface area contributed by atoms with E-state index in [2.05, 4.69) is 11.8 Å². The van der Waals surface area contributed by atoms with E-state index in [0.29, 0.717) is 25.0 Å². The zero-order valence-corrected chi connectivity index (χ0v) is 15.5. The molecule has 5 nitrogen and oxygen atoms in total. The number of hydrogen-bond donors (Lipinski definition) is 3. The van der Waals surface area contributed by atoms with Crippen LogP contribution in [0.4, 0.5) is 8.78 Å². The molecule has 1 heterocycles. The number of aliphatic hydroxyl groups excluding tert-OH is 2. The first-order chi connectivity index (χ1) is 12.8. The van der Waals surface area contributed by atoms with Gasteiger partial charge in [0.25, 0.3) is 0 Å². The molecular weight excluding hydrogens is 358 g/mol. The van der Waals surface area contributed by atoms with Crippen molar-refractivity contribution in [2.24, 2.45) is 11.8 Å². The maximum absolute atomic E-state index is 14.4. The van der Waals surface area contributed by atoms with E-state index in [0.717, 1.165) is 19.3 Å². The highest BCUT2D eigenvalue weighted by Crippen LogP contribution is 2.52. The third-order valence-electron chi connectivity index (χ3n) is 5.14. The number of carboxylic acid groups (broad SMARTS) is 1. The van der Waals surface area contributed by atoms with Gasteiger partial charge in [0.15, 0.2) is 6.10 Å². The minimum Gasteiger partial charge on any atom is -0.488 e. The first-order valence-corrected chi connectivity index (χ1v) is 9.59. The van der Waals surface area contributed by atoms with E-state index in [4.69, 9.17) is 9.84 Å². The van der Waals surface area contributed by atoms with Gasteiger partial charge in [-0.2, -0.15) is 8.78 Å². The SMILES string of the molecule is CCCCC[C@H](O)C#C[C@@H]1[C@H]2C/C(=C/CCCC(=O)O)OC2C(F)(F)[C@H]1O. The molecule has 0 amide bonds. The zero-order valence-electron chi connectivity index (χ0n) is 15.5. The standard InChI is InChI=1S/C20H28F2O5/c1-2-3-4-7-13(23)10-11-15-16-12-14(8-5-6-9-17(24)25)27-19(16)20(21,22)18(15)26/h8,13,15-16,18-19,23,26H,2-7,9,12H2,1H3,(H,24,25)/b14-8-/t13-,15+,16+,18-,19?/m0/s1. The molecule has 0 spiro atoms. The molecule has 152 valence electrons. The van der Waals surface area contributed by atoms with E-state index in [1.54, 1.807) is 6.08 Å². The number of ether oxygens (including phenoxy) is 1. The molecule has 1 saturated heterocycles. The van der Waals surface area contributed by atoms with Gasteiger partial charge in [0, 0.05) is 18.8 Å². The van der Waals surface area contributed by atoms with Crippen molar-refractivity contribution in [3.8, 4) is 11.8 Å². The van der Waals surface area contributed by atoms with Crippen LogP contribution in [0.5, 0.6) is 0 Å². The van der Waals surface area contributed by atoms with E-state index < -0.39 is 42.0 Å². The maximum atomic E-state index is 14.4. The largest absolute Gasteiger partial charge is 0.488 e. The predicted molar refractivity (Wildman–Crippen MR) is 94.9 cm³/mol. The highest BCUT2D eigenvalue weighted by molar-refractivity contribution is 5.66. The van der Waals surface area contributed by atoms with E-state index in [1.165, 1.54) is 0 Å². The number of carbonyl (C=O) groups is 1. The minimum atomic E-state index is -3.41. The van der Waals surface area contributed by atoms with Crippen LogP contribution in [0.2, 0.25) is 0 Å².